The van der Waals surface area contributed by atoms with Gasteiger partial charge in [0.05, 0.1) is 0 Å². The number of alkyl halides is 3. The van der Waals surface area contributed by atoms with Gasteiger partial charge < -0.3 is 0 Å². The van der Waals surface area contributed by atoms with Gasteiger partial charge in [0.1, 0.15) is 5.69 Å². The highest BCUT2D eigenvalue weighted by Crippen LogP contribution is 2.38. The summed E-state index contributed by atoms with van der Waals surface area (Å²) in [5, 5.41) is 0. The summed E-state index contributed by atoms with van der Waals surface area (Å²) < 4.78 is 38.7. The zero-order valence-corrected chi connectivity index (χ0v) is 10.3. The van der Waals surface area contributed by atoms with Gasteiger partial charge in [0, 0.05) is 5.69 Å². The van der Waals surface area contributed by atoms with E-state index in [-0.39, 0.29) is 5.92 Å². The quantitative estimate of drug-likeness (QED) is 0.726. The maximum Gasteiger partial charge on any atom is 0.433 e. The molecule has 1 aliphatic rings. The molecule has 0 unspecified atom stereocenters. The number of aryl methyl sites for hydroxylation is 1. The third-order valence-corrected chi connectivity index (χ3v) is 3.37. The Hall–Kier alpha value is -1.06. The summed E-state index contributed by atoms with van der Waals surface area (Å²) in [6, 6.07) is 0. The number of aromatic nitrogens is 1. The van der Waals surface area contributed by atoms with Crippen LogP contribution in [0.3, 0.4) is 0 Å². The molecule has 0 radical (unpaired) electrons. The monoisotopic (exact) mass is 243 g/mol. The Labute approximate surface area is 99.1 Å². The molecule has 0 N–H and O–H groups in total. The van der Waals surface area contributed by atoms with Crippen molar-refractivity contribution in [3.05, 3.63) is 28.1 Å². The van der Waals surface area contributed by atoms with Gasteiger partial charge in [-0.2, -0.15) is 13.2 Å². The highest BCUT2D eigenvalue weighted by molar-refractivity contribution is 5.44. The second kappa shape index (κ2) is 4.00. The highest BCUT2D eigenvalue weighted by Gasteiger charge is 2.37. The van der Waals surface area contributed by atoms with Gasteiger partial charge in [-0.3, -0.25) is 0 Å². The van der Waals surface area contributed by atoms with E-state index in [2.05, 4.69) is 4.98 Å². The number of pyridine rings is 1. The van der Waals surface area contributed by atoms with E-state index >= 15 is 0 Å². The first-order valence-corrected chi connectivity index (χ1v) is 5.91. The predicted molar refractivity (Wildman–Crippen MR) is 60.1 cm³/mol. The molecule has 1 aromatic rings. The fraction of sp³-hybridized carbons (Fsp3) is 0.615. The topological polar surface area (TPSA) is 12.9 Å². The lowest BCUT2D eigenvalue weighted by molar-refractivity contribution is -0.141. The van der Waals surface area contributed by atoms with E-state index in [1.165, 1.54) is 0 Å². The Kier molecular flexibility index (Phi) is 2.92. The molecule has 0 aromatic carbocycles. The first-order valence-electron chi connectivity index (χ1n) is 5.91. The van der Waals surface area contributed by atoms with Crippen molar-refractivity contribution < 1.29 is 13.2 Å². The van der Waals surface area contributed by atoms with Gasteiger partial charge in [-0.05, 0) is 48.8 Å². The summed E-state index contributed by atoms with van der Waals surface area (Å²) in [7, 11) is 0. The van der Waals surface area contributed by atoms with E-state index < -0.39 is 11.9 Å². The van der Waals surface area contributed by atoms with Gasteiger partial charge in [-0.1, -0.05) is 13.8 Å². The van der Waals surface area contributed by atoms with Gasteiger partial charge >= 0.3 is 6.18 Å². The summed E-state index contributed by atoms with van der Waals surface area (Å²) in [5.74, 6) is 0.117. The molecule has 94 valence electrons. The molecule has 2 rings (SSSR count). The lowest BCUT2D eigenvalue weighted by Gasteiger charge is -2.19. The molecule has 1 aliphatic carbocycles. The van der Waals surface area contributed by atoms with Crippen LogP contribution in [0, 0.1) is 6.92 Å². The zero-order chi connectivity index (χ0) is 12.8. The Bertz CT molecular complexity index is 447. The number of hydrogen-bond acceptors (Lipinski definition) is 1. The van der Waals surface area contributed by atoms with Crippen LogP contribution in [-0.2, 0) is 19.0 Å². The fourth-order valence-electron chi connectivity index (χ4n) is 2.77. The molecule has 0 saturated carbocycles. The molecule has 0 atom stereocenters. The van der Waals surface area contributed by atoms with Crippen LogP contribution >= 0.6 is 0 Å². The van der Waals surface area contributed by atoms with E-state index in [4.69, 9.17) is 0 Å². The van der Waals surface area contributed by atoms with Gasteiger partial charge in [0.25, 0.3) is 0 Å². The van der Waals surface area contributed by atoms with Crippen molar-refractivity contribution >= 4 is 0 Å². The van der Waals surface area contributed by atoms with Crippen LogP contribution in [0.4, 0.5) is 13.2 Å². The van der Waals surface area contributed by atoms with Crippen molar-refractivity contribution in [3.63, 3.8) is 0 Å². The number of nitrogens with zero attached hydrogens (tertiary/aromatic N) is 1. The van der Waals surface area contributed by atoms with Crippen LogP contribution in [0.25, 0.3) is 0 Å². The van der Waals surface area contributed by atoms with Crippen molar-refractivity contribution in [2.45, 2.75) is 52.1 Å². The summed E-state index contributed by atoms with van der Waals surface area (Å²) in [4.78, 5) is 3.84. The minimum atomic E-state index is -4.34. The molecule has 4 heteroatoms. The standard InChI is InChI=1S/C13H16F3N/c1-7(2)11-8(3)12(13(14,15)16)17-10-6-4-5-9(10)11/h7H,4-6H2,1-3H3. The maximum absolute atomic E-state index is 12.9. The van der Waals surface area contributed by atoms with E-state index in [1.807, 2.05) is 13.8 Å². The van der Waals surface area contributed by atoms with E-state index in [0.717, 1.165) is 24.0 Å². The second-order valence-electron chi connectivity index (χ2n) is 4.93. The molecule has 1 aromatic heterocycles. The molecule has 0 spiro atoms. The average molecular weight is 243 g/mol. The van der Waals surface area contributed by atoms with Crippen molar-refractivity contribution in [2.24, 2.45) is 0 Å². The fourth-order valence-corrected chi connectivity index (χ4v) is 2.77. The summed E-state index contributed by atoms with van der Waals surface area (Å²) >= 11 is 0. The van der Waals surface area contributed by atoms with Crippen LogP contribution < -0.4 is 0 Å². The van der Waals surface area contributed by atoms with Crippen molar-refractivity contribution in [2.75, 3.05) is 0 Å². The van der Waals surface area contributed by atoms with Crippen LogP contribution in [0.2, 0.25) is 0 Å². The molecule has 17 heavy (non-hydrogen) atoms. The smallest absolute Gasteiger partial charge is 0.248 e. The largest absolute Gasteiger partial charge is 0.433 e. The minimum absolute atomic E-state index is 0.117. The normalized spacial score (nSPS) is 15.5. The Morgan fingerprint density at radius 3 is 2.35 bits per heavy atom. The molecule has 0 saturated heterocycles. The third kappa shape index (κ3) is 2.05. The molecule has 0 fully saturated rings. The molecule has 1 nitrogen and oxygen atoms in total. The molecule has 1 heterocycles. The lowest BCUT2D eigenvalue weighted by atomic mass is 9.91. The minimum Gasteiger partial charge on any atom is -0.248 e. The highest BCUT2D eigenvalue weighted by atomic mass is 19.4. The SMILES string of the molecule is Cc1c(C(F)(F)F)nc2c(c1C(C)C)CCC2. The molecule has 0 bridgehead atoms. The summed E-state index contributed by atoms with van der Waals surface area (Å²) in [6.07, 6.45) is -1.87. The van der Waals surface area contributed by atoms with E-state index in [1.54, 1.807) is 6.92 Å². The Morgan fingerprint density at radius 1 is 1.18 bits per heavy atom. The number of hydrogen-bond donors (Lipinski definition) is 0. The zero-order valence-electron chi connectivity index (χ0n) is 10.3. The second-order valence-corrected chi connectivity index (χ2v) is 4.93. The first-order chi connectivity index (χ1) is 7.82. The van der Waals surface area contributed by atoms with Crippen molar-refractivity contribution in [1.29, 1.82) is 0 Å². The van der Waals surface area contributed by atoms with Crippen LogP contribution in [0.15, 0.2) is 0 Å². The van der Waals surface area contributed by atoms with Gasteiger partial charge in [0.2, 0.25) is 0 Å². The number of fused-ring (bicyclic) bond motifs is 1. The molecule has 0 aliphatic heterocycles. The average Bonchev–Trinajstić information content (AvgIpc) is 2.61. The maximum atomic E-state index is 12.9. The summed E-state index contributed by atoms with van der Waals surface area (Å²) in [5.41, 5.74) is 2.20. The number of halogens is 3. The Morgan fingerprint density at radius 2 is 1.82 bits per heavy atom. The van der Waals surface area contributed by atoms with Crippen LogP contribution in [0.1, 0.15) is 54.3 Å². The van der Waals surface area contributed by atoms with Crippen LogP contribution in [-0.4, -0.2) is 4.98 Å². The van der Waals surface area contributed by atoms with Gasteiger partial charge in [0.15, 0.2) is 0 Å². The van der Waals surface area contributed by atoms with E-state index in [0.29, 0.717) is 17.7 Å². The van der Waals surface area contributed by atoms with Crippen LogP contribution in [0.5, 0.6) is 0 Å². The summed E-state index contributed by atoms with van der Waals surface area (Å²) in [6.45, 7) is 5.44. The van der Waals surface area contributed by atoms with Crippen molar-refractivity contribution in [3.8, 4) is 0 Å². The lowest BCUT2D eigenvalue weighted by Crippen LogP contribution is -2.15. The van der Waals surface area contributed by atoms with Gasteiger partial charge in [-0.25, -0.2) is 4.98 Å². The molecule has 0 amide bonds. The van der Waals surface area contributed by atoms with E-state index in [9.17, 15) is 13.2 Å². The molecular weight excluding hydrogens is 227 g/mol. The Balaban J connectivity index is 2.70. The first kappa shape index (κ1) is 12.4. The number of rotatable bonds is 1. The van der Waals surface area contributed by atoms with Crippen molar-refractivity contribution in [1.82, 2.24) is 4.98 Å². The third-order valence-electron chi connectivity index (χ3n) is 3.37. The van der Waals surface area contributed by atoms with Gasteiger partial charge in [-0.15, -0.1) is 0 Å². The molecular formula is C13H16F3N. The predicted octanol–water partition coefficient (Wildman–Crippen LogP) is 4.02.